The monoisotopic (exact) mass is 492 g/mol. The van der Waals surface area contributed by atoms with E-state index in [2.05, 4.69) is 0 Å². The van der Waals surface area contributed by atoms with E-state index in [4.69, 9.17) is 13.1 Å². The first-order valence-electron chi connectivity index (χ1n) is 10.7. The highest BCUT2D eigenvalue weighted by Gasteiger charge is 2.57. The Morgan fingerprint density at radius 3 is 1.42 bits per heavy atom. The molecule has 0 saturated carbocycles. The van der Waals surface area contributed by atoms with Crippen LogP contribution in [-0.2, 0) is 33.3 Å². The molecule has 1 fully saturated rings. The van der Waals surface area contributed by atoms with Crippen LogP contribution in [0.4, 0.5) is 0 Å². The molecule has 178 valence electrons. The Labute approximate surface area is 195 Å². The van der Waals surface area contributed by atoms with E-state index in [1.54, 1.807) is 24.3 Å². The zero-order chi connectivity index (χ0) is 23.7. The largest absolute Gasteiger partial charge is 0.380 e. The van der Waals surface area contributed by atoms with Crippen molar-refractivity contribution in [1.29, 1.82) is 0 Å². The van der Waals surface area contributed by atoms with Crippen molar-refractivity contribution < 1.29 is 29.9 Å². The Hall–Kier alpha value is -2.04. The molecular formula is C24H28O7S2. The van der Waals surface area contributed by atoms with Gasteiger partial charge in [-0.25, -0.2) is 0 Å². The second-order valence-corrected chi connectivity index (χ2v) is 12.2. The van der Waals surface area contributed by atoms with Crippen molar-refractivity contribution in [3.63, 3.8) is 0 Å². The molecule has 1 aliphatic carbocycles. The van der Waals surface area contributed by atoms with Gasteiger partial charge in [0.25, 0.3) is 20.2 Å². The minimum Gasteiger partial charge on any atom is -0.380 e. The van der Waals surface area contributed by atoms with Gasteiger partial charge in [0.15, 0.2) is 0 Å². The maximum absolute atomic E-state index is 12.8. The third kappa shape index (κ3) is 4.79. The summed E-state index contributed by atoms with van der Waals surface area (Å²) in [6.07, 6.45) is 4.93. The lowest BCUT2D eigenvalue weighted by molar-refractivity contribution is 0.000489. The first-order chi connectivity index (χ1) is 15.6. The Morgan fingerprint density at radius 2 is 1.06 bits per heavy atom. The SMILES string of the molecule is Cc1ccc(S(=O)(=O)OC[C@@]23CC=CC[C@@]2(COS(=O)(=O)c2ccc(C)cc2)COC3)cc1. The molecule has 0 bridgehead atoms. The standard InChI is InChI=1S/C24H28O7S2/c1-19-5-9-21(10-6-19)32(25,26)30-17-23-13-3-4-14-24(23,16-29-15-23)18-31-33(27,28)22-11-7-20(2)8-12-22/h3-12H,13-18H2,1-2H3/t23-,24-/m0/s1. The highest BCUT2D eigenvalue weighted by Crippen LogP contribution is 2.53. The van der Waals surface area contributed by atoms with Crippen LogP contribution in [0.15, 0.2) is 70.5 Å². The molecular weight excluding hydrogens is 464 g/mol. The van der Waals surface area contributed by atoms with Gasteiger partial charge in [-0.15, -0.1) is 0 Å². The number of hydrogen-bond donors (Lipinski definition) is 0. The molecule has 33 heavy (non-hydrogen) atoms. The van der Waals surface area contributed by atoms with Crippen molar-refractivity contribution in [3.8, 4) is 0 Å². The molecule has 2 atom stereocenters. The van der Waals surface area contributed by atoms with E-state index in [9.17, 15) is 16.8 Å². The van der Waals surface area contributed by atoms with Gasteiger partial charge in [-0.1, -0.05) is 47.5 Å². The topological polar surface area (TPSA) is 96.0 Å². The number of hydrogen-bond acceptors (Lipinski definition) is 7. The number of rotatable bonds is 8. The smallest absolute Gasteiger partial charge is 0.296 e. The molecule has 9 heteroatoms. The summed E-state index contributed by atoms with van der Waals surface area (Å²) in [7, 11) is -7.95. The highest BCUT2D eigenvalue weighted by atomic mass is 32.2. The average molecular weight is 493 g/mol. The van der Waals surface area contributed by atoms with Crippen LogP contribution in [0.25, 0.3) is 0 Å². The van der Waals surface area contributed by atoms with Gasteiger partial charge in [0, 0.05) is 10.8 Å². The van der Waals surface area contributed by atoms with Crippen molar-refractivity contribution in [2.75, 3.05) is 26.4 Å². The summed E-state index contributed by atoms with van der Waals surface area (Å²) in [5.41, 5.74) is 0.449. The van der Waals surface area contributed by atoms with Crippen molar-refractivity contribution in [1.82, 2.24) is 0 Å². The van der Waals surface area contributed by atoms with Gasteiger partial charge < -0.3 is 4.74 Å². The Balaban J connectivity index is 1.54. The summed E-state index contributed by atoms with van der Waals surface area (Å²) in [6, 6.07) is 12.9. The second-order valence-electron chi connectivity index (χ2n) is 8.99. The lowest BCUT2D eigenvalue weighted by atomic mass is 9.60. The van der Waals surface area contributed by atoms with Crippen LogP contribution in [-0.4, -0.2) is 43.3 Å². The molecule has 1 aliphatic heterocycles. The summed E-state index contributed by atoms with van der Waals surface area (Å²) in [4.78, 5) is 0.164. The van der Waals surface area contributed by atoms with Gasteiger partial charge in [0.1, 0.15) is 0 Å². The van der Waals surface area contributed by atoms with E-state index >= 15 is 0 Å². The molecule has 0 N–H and O–H groups in total. The molecule has 0 radical (unpaired) electrons. The van der Waals surface area contributed by atoms with Crippen LogP contribution in [0.2, 0.25) is 0 Å². The van der Waals surface area contributed by atoms with Crippen LogP contribution in [0.3, 0.4) is 0 Å². The molecule has 0 spiro atoms. The minimum absolute atomic E-state index is 0.0820. The van der Waals surface area contributed by atoms with Crippen LogP contribution in [0.1, 0.15) is 24.0 Å². The zero-order valence-corrected chi connectivity index (χ0v) is 20.3. The third-order valence-corrected chi connectivity index (χ3v) is 9.22. The van der Waals surface area contributed by atoms with Gasteiger partial charge >= 0.3 is 0 Å². The molecule has 4 rings (SSSR count). The molecule has 0 aromatic heterocycles. The number of ether oxygens (including phenoxy) is 1. The van der Waals surface area contributed by atoms with E-state index in [1.165, 1.54) is 24.3 Å². The van der Waals surface area contributed by atoms with Crippen molar-refractivity contribution in [2.24, 2.45) is 10.8 Å². The lowest BCUT2D eigenvalue weighted by Gasteiger charge is -2.44. The molecule has 2 aliphatic rings. The number of fused-ring (bicyclic) bond motifs is 1. The number of allylic oxidation sites excluding steroid dienone is 2. The second kappa shape index (κ2) is 8.96. The van der Waals surface area contributed by atoms with Crippen molar-refractivity contribution >= 4 is 20.2 Å². The predicted octanol–water partition coefficient (Wildman–Crippen LogP) is 3.77. The highest BCUT2D eigenvalue weighted by molar-refractivity contribution is 7.87. The molecule has 2 aromatic rings. The summed E-state index contributed by atoms with van der Waals surface area (Å²) >= 11 is 0. The van der Waals surface area contributed by atoms with Crippen LogP contribution in [0, 0.1) is 24.7 Å². The predicted molar refractivity (Wildman–Crippen MR) is 123 cm³/mol. The van der Waals surface area contributed by atoms with E-state index in [1.807, 2.05) is 26.0 Å². The van der Waals surface area contributed by atoms with E-state index in [0.29, 0.717) is 12.8 Å². The summed E-state index contributed by atoms with van der Waals surface area (Å²) in [5.74, 6) is 0. The van der Waals surface area contributed by atoms with E-state index in [0.717, 1.165) is 11.1 Å². The Kier molecular flexibility index (Phi) is 6.54. The van der Waals surface area contributed by atoms with Crippen molar-refractivity contribution in [2.45, 2.75) is 36.5 Å². The number of benzene rings is 2. The van der Waals surface area contributed by atoms with Crippen LogP contribution < -0.4 is 0 Å². The first kappa shape index (κ1) is 24.1. The maximum atomic E-state index is 12.8. The fraction of sp³-hybridized carbons (Fsp3) is 0.417. The molecule has 0 unspecified atom stereocenters. The third-order valence-electron chi connectivity index (χ3n) is 6.67. The quantitative estimate of drug-likeness (QED) is 0.409. The first-order valence-corrected chi connectivity index (χ1v) is 13.5. The molecule has 2 aromatic carbocycles. The average Bonchev–Trinajstić information content (AvgIpc) is 3.17. The van der Waals surface area contributed by atoms with Crippen LogP contribution >= 0.6 is 0 Å². The van der Waals surface area contributed by atoms with Gasteiger partial charge in [0.05, 0.1) is 36.2 Å². The van der Waals surface area contributed by atoms with Gasteiger partial charge in [-0.05, 0) is 51.0 Å². The van der Waals surface area contributed by atoms with Gasteiger partial charge in [-0.2, -0.15) is 16.8 Å². The fourth-order valence-electron chi connectivity index (χ4n) is 4.35. The molecule has 0 amide bonds. The normalized spacial score (nSPS) is 25.2. The van der Waals surface area contributed by atoms with Gasteiger partial charge in [-0.3, -0.25) is 8.37 Å². The van der Waals surface area contributed by atoms with Crippen LogP contribution in [0.5, 0.6) is 0 Å². The molecule has 1 heterocycles. The van der Waals surface area contributed by atoms with Gasteiger partial charge in [0.2, 0.25) is 0 Å². The zero-order valence-electron chi connectivity index (χ0n) is 18.7. The Bertz CT molecular complexity index is 1140. The summed E-state index contributed by atoms with van der Waals surface area (Å²) in [5, 5.41) is 0. The van der Waals surface area contributed by atoms with E-state index in [-0.39, 0.29) is 36.2 Å². The lowest BCUT2D eigenvalue weighted by Crippen LogP contribution is -2.49. The fourth-order valence-corrected chi connectivity index (χ4v) is 6.32. The maximum Gasteiger partial charge on any atom is 0.296 e. The van der Waals surface area contributed by atoms with Crippen molar-refractivity contribution in [3.05, 3.63) is 71.8 Å². The molecule has 7 nitrogen and oxygen atoms in total. The summed E-state index contributed by atoms with van der Waals surface area (Å²) in [6.45, 7) is 4.02. The minimum atomic E-state index is -3.98. The molecule has 1 saturated heterocycles. The Morgan fingerprint density at radius 1 is 0.697 bits per heavy atom. The van der Waals surface area contributed by atoms with E-state index < -0.39 is 31.1 Å². The number of aryl methyl sites for hydroxylation is 2. The summed E-state index contributed by atoms with van der Waals surface area (Å²) < 4.78 is 68.0.